The quantitative estimate of drug-likeness (QED) is 0.671. The zero-order chi connectivity index (χ0) is 16.8. The molecule has 25 heavy (non-hydrogen) atoms. The number of nitrogens with one attached hydrogen (secondary N) is 1. The van der Waals surface area contributed by atoms with Crippen LogP contribution in [0.25, 0.3) is 0 Å². The number of aromatic nitrogens is 1. The van der Waals surface area contributed by atoms with E-state index in [0.29, 0.717) is 13.2 Å². The van der Waals surface area contributed by atoms with Crippen LogP contribution >= 0.6 is 12.4 Å². The van der Waals surface area contributed by atoms with Crippen LogP contribution < -0.4 is 10.1 Å². The first-order chi connectivity index (χ1) is 11.7. The van der Waals surface area contributed by atoms with Crippen molar-refractivity contribution in [1.82, 2.24) is 10.5 Å². The van der Waals surface area contributed by atoms with Gasteiger partial charge in [0.05, 0.1) is 5.69 Å². The summed E-state index contributed by atoms with van der Waals surface area (Å²) in [4.78, 5) is 0. The van der Waals surface area contributed by atoms with Gasteiger partial charge < -0.3 is 14.6 Å². The standard InChI is InChI=1S/C20H22N2O2.ClH/c1-15-3-5-18(6-4-15)14-23-20-9-7-17(8-10-20)12-21-13-19-11-16(2)24-22-19;/h3-11,21H,12-14H2,1-2H3;1H. The maximum atomic E-state index is 5.82. The number of halogens is 1. The fourth-order valence-corrected chi connectivity index (χ4v) is 2.39. The average molecular weight is 359 g/mol. The molecule has 0 saturated carbocycles. The monoisotopic (exact) mass is 358 g/mol. The molecule has 0 aliphatic carbocycles. The van der Waals surface area contributed by atoms with Crippen molar-refractivity contribution in [3.05, 3.63) is 82.7 Å². The molecule has 0 radical (unpaired) electrons. The molecule has 132 valence electrons. The highest BCUT2D eigenvalue weighted by Crippen LogP contribution is 2.15. The summed E-state index contributed by atoms with van der Waals surface area (Å²) in [7, 11) is 0. The summed E-state index contributed by atoms with van der Waals surface area (Å²) in [5.41, 5.74) is 4.56. The Morgan fingerprint density at radius 3 is 2.24 bits per heavy atom. The Balaban J connectivity index is 0.00000225. The molecule has 2 aromatic carbocycles. The van der Waals surface area contributed by atoms with Gasteiger partial charge in [-0.25, -0.2) is 0 Å². The molecule has 0 unspecified atom stereocenters. The molecule has 0 fully saturated rings. The number of hydrogen-bond donors (Lipinski definition) is 1. The summed E-state index contributed by atoms with van der Waals surface area (Å²) in [5, 5.41) is 7.31. The summed E-state index contributed by atoms with van der Waals surface area (Å²) < 4.78 is 10.9. The van der Waals surface area contributed by atoms with Gasteiger partial charge in [0.15, 0.2) is 0 Å². The van der Waals surface area contributed by atoms with Crippen molar-refractivity contribution in [2.45, 2.75) is 33.5 Å². The van der Waals surface area contributed by atoms with Crippen molar-refractivity contribution >= 4 is 12.4 Å². The largest absolute Gasteiger partial charge is 0.489 e. The molecular formula is C20H23ClN2O2. The van der Waals surface area contributed by atoms with Crippen LogP contribution in [0.3, 0.4) is 0 Å². The third-order valence-electron chi connectivity index (χ3n) is 3.76. The van der Waals surface area contributed by atoms with E-state index in [-0.39, 0.29) is 12.4 Å². The highest BCUT2D eigenvalue weighted by molar-refractivity contribution is 5.85. The summed E-state index contributed by atoms with van der Waals surface area (Å²) in [6, 6.07) is 18.5. The number of benzene rings is 2. The first kappa shape index (κ1) is 19.0. The van der Waals surface area contributed by atoms with Gasteiger partial charge in [-0.15, -0.1) is 12.4 Å². The zero-order valence-electron chi connectivity index (χ0n) is 14.5. The molecule has 0 atom stereocenters. The Bertz CT molecular complexity index is 767. The molecule has 5 heteroatoms. The van der Waals surface area contributed by atoms with Gasteiger partial charge in [-0.05, 0) is 37.1 Å². The van der Waals surface area contributed by atoms with E-state index in [9.17, 15) is 0 Å². The van der Waals surface area contributed by atoms with Crippen molar-refractivity contribution in [3.63, 3.8) is 0 Å². The topological polar surface area (TPSA) is 47.3 Å². The third-order valence-corrected chi connectivity index (χ3v) is 3.76. The number of ether oxygens (including phenoxy) is 1. The molecule has 0 saturated heterocycles. The second kappa shape index (κ2) is 9.25. The Morgan fingerprint density at radius 1 is 0.920 bits per heavy atom. The van der Waals surface area contributed by atoms with Gasteiger partial charge >= 0.3 is 0 Å². The normalized spacial score (nSPS) is 10.3. The summed E-state index contributed by atoms with van der Waals surface area (Å²) in [6.45, 7) is 6.05. The maximum absolute atomic E-state index is 5.82. The SMILES string of the molecule is Cc1ccc(COc2ccc(CNCc3cc(C)on3)cc2)cc1.Cl. The molecule has 3 rings (SSSR count). The molecule has 1 N–H and O–H groups in total. The Kier molecular flexibility index (Phi) is 7.04. The van der Waals surface area contributed by atoms with E-state index in [0.717, 1.165) is 23.7 Å². The molecular weight excluding hydrogens is 336 g/mol. The first-order valence-electron chi connectivity index (χ1n) is 8.09. The first-order valence-corrected chi connectivity index (χ1v) is 8.09. The van der Waals surface area contributed by atoms with Crippen LogP contribution in [0.1, 0.15) is 28.1 Å². The lowest BCUT2D eigenvalue weighted by Gasteiger charge is -2.08. The number of rotatable bonds is 7. The smallest absolute Gasteiger partial charge is 0.133 e. The Morgan fingerprint density at radius 2 is 1.60 bits per heavy atom. The van der Waals surface area contributed by atoms with Gasteiger partial charge in [-0.2, -0.15) is 0 Å². The van der Waals surface area contributed by atoms with Gasteiger partial charge in [0.2, 0.25) is 0 Å². The second-order valence-electron chi connectivity index (χ2n) is 5.95. The molecule has 0 aliphatic heterocycles. The van der Waals surface area contributed by atoms with Crippen LogP contribution in [0, 0.1) is 13.8 Å². The van der Waals surface area contributed by atoms with Crippen LogP contribution in [0.15, 0.2) is 59.1 Å². The van der Waals surface area contributed by atoms with Crippen LogP contribution in [0.2, 0.25) is 0 Å². The van der Waals surface area contributed by atoms with E-state index in [4.69, 9.17) is 9.26 Å². The minimum Gasteiger partial charge on any atom is -0.489 e. The highest BCUT2D eigenvalue weighted by Gasteiger charge is 2.01. The summed E-state index contributed by atoms with van der Waals surface area (Å²) >= 11 is 0. The van der Waals surface area contributed by atoms with Gasteiger partial charge in [-0.3, -0.25) is 0 Å². The maximum Gasteiger partial charge on any atom is 0.133 e. The average Bonchev–Trinajstić information content (AvgIpc) is 3.01. The molecule has 0 aliphatic rings. The highest BCUT2D eigenvalue weighted by atomic mass is 35.5. The number of nitrogens with zero attached hydrogens (tertiary/aromatic N) is 1. The molecule has 0 bridgehead atoms. The van der Waals surface area contributed by atoms with E-state index >= 15 is 0 Å². The fraction of sp³-hybridized carbons (Fsp3) is 0.250. The minimum absolute atomic E-state index is 0. The van der Waals surface area contributed by atoms with Gasteiger partial charge in [0, 0.05) is 19.2 Å². The lowest BCUT2D eigenvalue weighted by Crippen LogP contribution is -2.12. The molecule has 1 aromatic heterocycles. The van der Waals surface area contributed by atoms with Crippen molar-refractivity contribution in [1.29, 1.82) is 0 Å². The predicted molar refractivity (Wildman–Crippen MR) is 101 cm³/mol. The molecule has 1 heterocycles. The van der Waals surface area contributed by atoms with E-state index < -0.39 is 0 Å². The van der Waals surface area contributed by atoms with Gasteiger partial charge in [0.25, 0.3) is 0 Å². The van der Waals surface area contributed by atoms with Crippen molar-refractivity contribution in [3.8, 4) is 5.75 Å². The van der Waals surface area contributed by atoms with Gasteiger partial charge in [0.1, 0.15) is 18.1 Å². The fourth-order valence-electron chi connectivity index (χ4n) is 2.39. The van der Waals surface area contributed by atoms with Crippen molar-refractivity contribution < 1.29 is 9.26 Å². The minimum atomic E-state index is 0. The number of hydrogen-bond acceptors (Lipinski definition) is 4. The van der Waals surface area contributed by atoms with E-state index in [1.165, 1.54) is 16.7 Å². The molecule has 3 aromatic rings. The second-order valence-corrected chi connectivity index (χ2v) is 5.95. The predicted octanol–water partition coefficient (Wildman–Crippen LogP) is 4.58. The molecule has 0 amide bonds. The zero-order valence-corrected chi connectivity index (χ0v) is 15.3. The third kappa shape index (κ3) is 5.93. The summed E-state index contributed by atoms with van der Waals surface area (Å²) in [6.07, 6.45) is 0. The van der Waals surface area contributed by atoms with Crippen LogP contribution in [-0.2, 0) is 19.7 Å². The molecule has 0 spiro atoms. The molecule has 4 nitrogen and oxygen atoms in total. The van der Waals surface area contributed by atoms with E-state index in [1.54, 1.807) is 0 Å². The van der Waals surface area contributed by atoms with Crippen LogP contribution in [0.4, 0.5) is 0 Å². The lowest BCUT2D eigenvalue weighted by molar-refractivity contribution is 0.306. The Labute approximate surface area is 154 Å². The van der Waals surface area contributed by atoms with Gasteiger partial charge in [-0.1, -0.05) is 47.1 Å². The van der Waals surface area contributed by atoms with Crippen molar-refractivity contribution in [2.24, 2.45) is 0 Å². The van der Waals surface area contributed by atoms with E-state index in [2.05, 4.69) is 53.8 Å². The van der Waals surface area contributed by atoms with Crippen LogP contribution in [-0.4, -0.2) is 5.16 Å². The lowest BCUT2D eigenvalue weighted by atomic mass is 10.2. The van der Waals surface area contributed by atoms with Crippen molar-refractivity contribution in [2.75, 3.05) is 0 Å². The number of aryl methyl sites for hydroxylation is 2. The summed E-state index contributed by atoms with van der Waals surface area (Å²) in [5.74, 6) is 1.72. The van der Waals surface area contributed by atoms with Crippen LogP contribution in [0.5, 0.6) is 5.75 Å². The van der Waals surface area contributed by atoms with E-state index in [1.807, 2.05) is 25.1 Å². The Hall–Kier alpha value is -2.30.